The molecule has 0 fully saturated rings. The zero-order valence-electron chi connectivity index (χ0n) is 15.7. The summed E-state index contributed by atoms with van der Waals surface area (Å²) < 4.78 is 7.81. The van der Waals surface area contributed by atoms with Gasteiger partial charge in [0.05, 0.1) is 22.4 Å². The van der Waals surface area contributed by atoms with Gasteiger partial charge in [-0.05, 0) is 38.3 Å². The van der Waals surface area contributed by atoms with Crippen molar-refractivity contribution in [2.45, 2.75) is 50.7 Å². The molecule has 1 N–H and O–H groups in total. The largest absolute Gasteiger partial charge is 0.391 e. The molecule has 0 unspecified atom stereocenters. The summed E-state index contributed by atoms with van der Waals surface area (Å²) in [5.41, 5.74) is 2.45. The summed E-state index contributed by atoms with van der Waals surface area (Å²) in [7, 11) is 1.66. The van der Waals surface area contributed by atoms with Gasteiger partial charge in [0.2, 0.25) is 0 Å². The second kappa shape index (κ2) is 9.72. The highest BCUT2D eigenvalue weighted by Gasteiger charge is 2.20. The first-order valence-electron chi connectivity index (χ1n) is 8.77. The number of nitrogens with zero attached hydrogens (tertiary/aromatic N) is 1. The third-order valence-electron chi connectivity index (χ3n) is 4.25. The predicted octanol–water partition coefficient (Wildman–Crippen LogP) is 5.39. The second-order valence-corrected chi connectivity index (χ2v) is 9.18. The fraction of sp³-hybridized carbons (Fsp3) is 0.550. The van der Waals surface area contributed by atoms with Gasteiger partial charge in [0, 0.05) is 18.8 Å². The molecule has 2 rings (SSSR count). The van der Waals surface area contributed by atoms with E-state index in [-0.39, 0.29) is 12.0 Å². The fourth-order valence-electron chi connectivity index (χ4n) is 3.20. The lowest BCUT2D eigenvalue weighted by atomic mass is 9.95. The van der Waals surface area contributed by atoms with Crippen LogP contribution in [0.25, 0.3) is 10.2 Å². The second-order valence-electron chi connectivity index (χ2n) is 6.88. The SMILES string of the molecule is CO[C@@H]([C@H](C)O)[C@@H](C)/C=C(\C)C[C@H](C)CSc1nc2ccccc2s1. The van der Waals surface area contributed by atoms with E-state index in [0.29, 0.717) is 5.92 Å². The van der Waals surface area contributed by atoms with Crippen LogP contribution in [0.1, 0.15) is 34.1 Å². The van der Waals surface area contributed by atoms with Crippen LogP contribution in [0, 0.1) is 11.8 Å². The Morgan fingerprint density at radius 2 is 2.04 bits per heavy atom. The molecule has 3 nitrogen and oxygen atoms in total. The maximum Gasteiger partial charge on any atom is 0.151 e. The van der Waals surface area contributed by atoms with Crippen LogP contribution in [0.4, 0.5) is 0 Å². The summed E-state index contributed by atoms with van der Waals surface area (Å²) in [6.45, 7) is 8.34. The minimum atomic E-state index is -0.462. The Bertz CT molecular complexity index is 663. The van der Waals surface area contributed by atoms with Crippen molar-refractivity contribution in [2.24, 2.45) is 11.8 Å². The summed E-state index contributed by atoms with van der Waals surface area (Å²) in [4.78, 5) is 4.69. The molecular weight excluding hydrogens is 350 g/mol. The van der Waals surface area contributed by atoms with Crippen molar-refractivity contribution < 1.29 is 9.84 Å². The van der Waals surface area contributed by atoms with Crippen LogP contribution in [0.5, 0.6) is 0 Å². The first-order chi connectivity index (χ1) is 11.9. The van der Waals surface area contributed by atoms with Gasteiger partial charge in [-0.25, -0.2) is 4.98 Å². The monoisotopic (exact) mass is 379 g/mol. The van der Waals surface area contributed by atoms with Gasteiger partial charge in [-0.15, -0.1) is 11.3 Å². The maximum atomic E-state index is 9.78. The van der Waals surface area contributed by atoms with E-state index >= 15 is 0 Å². The fourth-order valence-corrected chi connectivity index (χ4v) is 5.31. The van der Waals surface area contributed by atoms with Crippen LogP contribution in [0.2, 0.25) is 0 Å². The maximum absolute atomic E-state index is 9.78. The molecule has 2 aromatic rings. The first-order valence-corrected chi connectivity index (χ1v) is 10.6. The highest BCUT2D eigenvalue weighted by atomic mass is 32.2. The van der Waals surface area contributed by atoms with Crippen LogP contribution < -0.4 is 0 Å². The number of allylic oxidation sites excluding steroid dienone is 1. The Morgan fingerprint density at radius 1 is 1.32 bits per heavy atom. The topological polar surface area (TPSA) is 42.4 Å². The van der Waals surface area contributed by atoms with E-state index in [1.54, 1.807) is 25.4 Å². The van der Waals surface area contributed by atoms with Gasteiger partial charge in [-0.2, -0.15) is 0 Å². The molecule has 5 heteroatoms. The molecule has 0 radical (unpaired) electrons. The van der Waals surface area contributed by atoms with Crippen molar-refractivity contribution in [3.63, 3.8) is 0 Å². The van der Waals surface area contributed by atoms with E-state index in [1.165, 1.54) is 10.3 Å². The highest BCUT2D eigenvalue weighted by Crippen LogP contribution is 2.31. The molecule has 0 saturated heterocycles. The minimum absolute atomic E-state index is 0.151. The zero-order chi connectivity index (χ0) is 18.4. The number of methoxy groups -OCH3 is 1. The number of para-hydroxylation sites is 1. The van der Waals surface area contributed by atoms with Gasteiger partial charge in [-0.1, -0.05) is 49.4 Å². The summed E-state index contributed by atoms with van der Waals surface area (Å²) in [6, 6.07) is 8.30. The van der Waals surface area contributed by atoms with Gasteiger partial charge in [0.1, 0.15) is 0 Å². The molecule has 1 aromatic heterocycles. The van der Waals surface area contributed by atoms with Gasteiger partial charge in [0.15, 0.2) is 4.34 Å². The Kier molecular flexibility index (Phi) is 7.94. The molecule has 0 spiro atoms. The van der Waals surface area contributed by atoms with Gasteiger partial charge in [0.25, 0.3) is 0 Å². The van der Waals surface area contributed by atoms with Crippen LogP contribution in [0.3, 0.4) is 0 Å². The first kappa shape index (κ1) is 20.4. The quantitative estimate of drug-likeness (QED) is 0.468. The molecule has 0 aliphatic heterocycles. The molecule has 0 saturated carbocycles. The van der Waals surface area contributed by atoms with Crippen LogP contribution >= 0.6 is 23.1 Å². The van der Waals surface area contributed by atoms with Gasteiger partial charge >= 0.3 is 0 Å². The normalized spacial score (nSPS) is 17.4. The van der Waals surface area contributed by atoms with E-state index < -0.39 is 6.10 Å². The number of aliphatic hydroxyl groups excluding tert-OH is 1. The number of aromatic nitrogens is 1. The van der Waals surface area contributed by atoms with Crippen LogP contribution in [0.15, 0.2) is 40.3 Å². The summed E-state index contributed by atoms with van der Waals surface area (Å²) in [5, 5.41) is 9.78. The lowest BCUT2D eigenvalue weighted by Gasteiger charge is -2.23. The smallest absolute Gasteiger partial charge is 0.151 e. The Morgan fingerprint density at radius 3 is 2.68 bits per heavy atom. The molecule has 0 aliphatic rings. The Hall–Kier alpha value is -0.880. The number of hydrogen-bond donors (Lipinski definition) is 1. The number of thiazole rings is 1. The number of benzene rings is 1. The van der Waals surface area contributed by atoms with Crippen molar-refractivity contribution in [3.05, 3.63) is 35.9 Å². The van der Waals surface area contributed by atoms with Crippen LogP contribution in [-0.2, 0) is 4.74 Å². The average Bonchev–Trinajstić information content (AvgIpc) is 2.95. The van der Waals surface area contributed by atoms with E-state index in [0.717, 1.165) is 22.0 Å². The van der Waals surface area contributed by atoms with E-state index in [4.69, 9.17) is 4.74 Å². The Balaban J connectivity index is 1.86. The summed E-state index contributed by atoms with van der Waals surface area (Å²) in [6.07, 6.45) is 2.68. The lowest BCUT2D eigenvalue weighted by Crippen LogP contribution is -2.31. The predicted molar refractivity (Wildman–Crippen MR) is 110 cm³/mol. The van der Waals surface area contributed by atoms with Gasteiger partial charge < -0.3 is 9.84 Å². The number of thioether (sulfide) groups is 1. The third-order valence-corrected chi connectivity index (χ3v) is 6.76. The van der Waals surface area contributed by atoms with Crippen molar-refractivity contribution in [2.75, 3.05) is 12.9 Å². The number of hydrogen-bond acceptors (Lipinski definition) is 5. The average molecular weight is 380 g/mol. The standard InChI is InChI=1S/C20H29NO2S2/c1-13(11-15(3)19(23-5)16(4)22)10-14(2)12-24-20-21-17-8-6-7-9-18(17)25-20/h6-9,11,14-16,19,22H,10,12H2,1-5H3/b13-11+/t14-,15-,16-,19+/m0/s1. The molecule has 138 valence electrons. The van der Waals surface area contributed by atoms with Crippen molar-refractivity contribution in [3.8, 4) is 0 Å². The molecule has 4 atom stereocenters. The highest BCUT2D eigenvalue weighted by molar-refractivity contribution is 8.01. The molecule has 1 heterocycles. The molecule has 0 bridgehead atoms. The van der Waals surface area contributed by atoms with Crippen molar-refractivity contribution in [1.29, 1.82) is 0 Å². The van der Waals surface area contributed by atoms with E-state index in [2.05, 4.69) is 50.0 Å². The van der Waals surface area contributed by atoms with E-state index in [1.807, 2.05) is 17.8 Å². The van der Waals surface area contributed by atoms with Crippen molar-refractivity contribution in [1.82, 2.24) is 4.98 Å². The molecule has 1 aromatic carbocycles. The lowest BCUT2D eigenvalue weighted by molar-refractivity contribution is -0.0223. The number of fused-ring (bicyclic) bond motifs is 1. The summed E-state index contributed by atoms with van der Waals surface area (Å²) in [5.74, 6) is 1.84. The molecule has 25 heavy (non-hydrogen) atoms. The molecule has 0 aliphatic carbocycles. The van der Waals surface area contributed by atoms with Gasteiger partial charge in [-0.3, -0.25) is 0 Å². The minimum Gasteiger partial charge on any atom is -0.391 e. The number of ether oxygens (including phenoxy) is 1. The Labute approximate surface area is 159 Å². The van der Waals surface area contributed by atoms with E-state index in [9.17, 15) is 5.11 Å². The number of rotatable bonds is 9. The van der Waals surface area contributed by atoms with Crippen LogP contribution in [-0.4, -0.2) is 35.2 Å². The summed E-state index contributed by atoms with van der Waals surface area (Å²) >= 11 is 3.62. The molecular formula is C20H29NO2S2. The zero-order valence-corrected chi connectivity index (χ0v) is 17.4. The molecule has 0 amide bonds. The number of aliphatic hydroxyl groups is 1. The third kappa shape index (κ3) is 6.10. The van der Waals surface area contributed by atoms with Crippen molar-refractivity contribution >= 4 is 33.3 Å².